The van der Waals surface area contributed by atoms with E-state index in [0.29, 0.717) is 26.1 Å². The minimum absolute atomic E-state index is 0.129. The van der Waals surface area contributed by atoms with Gasteiger partial charge in [-0.25, -0.2) is 13.2 Å². The third-order valence-electron chi connectivity index (χ3n) is 3.49. The molecule has 1 aliphatic heterocycles. The Morgan fingerprint density at radius 1 is 1.48 bits per heavy atom. The van der Waals surface area contributed by atoms with Gasteiger partial charge >= 0.3 is 5.97 Å². The third kappa shape index (κ3) is 3.17. The molecule has 7 nitrogen and oxygen atoms in total. The van der Waals surface area contributed by atoms with Gasteiger partial charge in [0, 0.05) is 20.2 Å². The smallest absolute Gasteiger partial charge is 0.339 e. The summed E-state index contributed by atoms with van der Waals surface area (Å²) in [5.41, 5.74) is -0.427. The molecule has 1 aromatic carbocycles. The van der Waals surface area contributed by atoms with Crippen LogP contribution in [0.3, 0.4) is 0 Å². The van der Waals surface area contributed by atoms with E-state index in [1.807, 2.05) is 0 Å². The normalized spacial score (nSPS) is 19.8. The Balaban J connectivity index is 2.28. The zero-order valence-electron chi connectivity index (χ0n) is 11.5. The minimum Gasteiger partial charge on any atom is -0.507 e. The van der Waals surface area contributed by atoms with Crippen LogP contribution in [0, 0.1) is 5.92 Å². The van der Waals surface area contributed by atoms with Gasteiger partial charge in [0.1, 0.15) is 11.3 Å². The number of benzene rings is 1. The highest BCUT2D eigenvalue weighted by Crippen LogP contribution is 2.27. The van der Waals surface area contributed by atoms with Crippen LogP contribution in [-0.4, -0.2) is 55.7 Å². The van der Waals surface area contributed by atoms with Gasteiger partial charge in [-0.05, 0) is 30.5 Å². The van der Waals surface area contributed by atoms with Crippen molar-refractivity contribution in [3.05, 3.63) is 23.8 Å². The molecule has 2 rings (SSSR count). The Labute approximate surface area is 122 Å². The van der Waals surface area contributed by atoms with Crippen molar-refractivity contribution in [2.45, 2.75) is 11.3 Å². The zero-order chi connectivity index (χ0) is 15.6. The lowest BCUT2D eigenvalue weighted by atomic mass is 10.1. The number of carboxylic acids is 1. The molecule has 0 saturated carbocycles. The molecule has 1 aliphatic rings. The van der Waals surface area contributed by atoms with Crippen LogP contribution in [0.25, 0.3) is 0 Å². The van der Waals surface area contributed by atoms with Crippen LogP contribution in [-0.2, 0) is 14.8 Å². The van der Waals surface area contributed by atoms with Crippen LogP contribution in [0.5, 0.6) is 5.75 Å². The summed E-state index contributed by atoms with van der Waals surface area (Å²) in [6.07, 6.45) is 0.705. The lowest BCUT2D eigenvalue weighted by molar-refractivity contribution is 0.0693. The highest BCUT2D eigenvalue weighted by molar-refractivity contribution is 7.89. The predicted molar refractivity (Wildman–Crippen MR) is 73.8 cm³/mol. The van der Waals surface area contributed by atoms with E-state index in [0.717, 1.165) is 12.1 Å². The number of carbonyl (C=O) groups is 1. The fourth-order valence-electron chi connectivity index (χ4n) is 2.38. The molecule has 1 fully saturated rings. The average molecular weight is 315 g/mol. The van der Waals surface area contributed by atoms with Crippen molar-refractivity contribution in [1.82, 2.24) is 4.31 Å². The van der Waals surface area contributed by atoms with E-state index in [1.165, 1.54) is 10.4 Å². The standard InChI is InChI=1S/C13H17NO6S/c1-20-8-9-4-5-14(7-9)21(18,19)10-2-3-12(15)11(6-10)13(16)17/h2-3,6,9,15H,4-5,7-8H2,1H3,(H,16,17). The monoisotopic (exact) mass is 315 g/mol. The number of rotatable bonds is 5. The van der Waals surface area contributed by atoms with Gasteiger partial charge in [0.05, 0.1) is 11.5 Å². The van der Waals surface area contributed by atoms with E-state index in [-0.39, 0.29) is 10.8 Å². The van der Waals surface area contributed by atoms with Gasteiger partial charge in [-0.15, -0.1) is 0 Å². The molecule has 0 aromatic heterocycles. The van der Waals surface area contributed by atoms with E-state index in [9.17, 15) is 18.3 Å². The van der Waals surface area contributed by atoms with Crippen LogP contribution in [0.15, 0.2) is 23.1 Å². The molecule has 8 heteroatoms. The molecule has 0 radical (unpaired) electrons. The molecule has 1 aromatic rings. The van der Waals surface area contributed by atoms with Gasteiger partial charge in [0.25, 0.3) is 0 Å². The first-order valence-corrected chi connectivity index (χ1v) is 7.85. The summed E-state index contributed by atoms with van der Waals surface area (Å²) < 4.78 is 31.3. The molecule has 1 saturated heterocycles. The molecule has 21 heavy (non-hydrogen) atoms. The van der Waals surface area contributed by atoms with E-state index < -0.39 is 27.3 Å². The van der Waals surface area contributed by atoms with Crippen LogP contribution in [0.2, 0.25) is 0 Å². The van der Waals surface area contributed by atoms with Gasteiger partial charge in [0.2, 0.25) is 10.0 Å². The molecule has 116 valence electrons. The summed E-state index contributed by atoms with van der Waals surface area (Å²) in [6, 6.07) is 3.27. The molecule has 0 aliphatic carbocycles. The summed E-state index contributed by atoms with van der Waals surface area (Å²) in [5, 5.41) is 18.4. The van der Waals surface area contributed by atoms with Crippen molar-refractivity contribution in [3.8, 4) is 5.75 Å². The van der Waals surface area contributed by atoms with E-state index in [2.05, 4.69) is 0 Å². The zero-order valence-corrected chi connectivity index (χ0v) is 12.3. The lowest BCUT2D eigenvalue weighted by Crippen LogP contribution is -2.29. The highest BCUT2D eigenvalue weighted by Gasteiger charge is 2.33. The number of ether oxygens (including phenoxy) is 1. The van der Waals surface area contributed by atoms with Crippen LogP contribution < -0.4 is 0 Å². The SMILES string of the molecule is COCC1CCN(S(=O)(=O)c2ccc(O)c(C(=O)O)c2)C1. The molecular formula is C13H17NO6S. The number of phenols is 1. The molecule has 2 N–H and O–H groups in total. The largest absolute Gasteiger partial charge is 0.507 e. The number of nitrogens with zero attached hydrogens (tertiary/aromatic N) is 1. The second-order valence-electron chi connectivity index (χ2n) is 4.96. The quantitative estimate of drug-likeness (QED) is 0.831. The number of aromatic hydroxyl groups is 1. The number of aromatic carboxylic acids is 1. The summed E-state index contributed by atoms with van der Waals surface area (Å²) in [7, 11) is -2.19. The highest BCUT2D eigenvalue weighted by atomic mass is 32.2. The van der Waals surface area contributed by atoms with Crippen molar-refractivity contribution in [1.29, 1.82) is 0 Å². The van der Waals surface area contributed by atoms with Crippen LogP contribution in [0.1, 0.15) is 16.8 Å². The fourth-order valence-corrected chi connectivity index (χ4v) is 3.94. The van der Waals surface area contributed by atoms with E-state index in [1.54, 1.807) is 7.11 Å². The van der Waals surface area contributed by atoms with E-state index >= 15 is 0 Å². The Morgan fingerprint density at radius 3 is 2.81 bits per heavy atom. The number of hydrogen-bond acceptors (Lipinski definition) is 5. The number of methoxy groups -OCH3 is 1. The van der Waals surface area contributed by atoms with Crippen molar-refractivity contribution >= 4 is 16.0 Å². The Morgan fingerprint density at radius 2 is 2.19 bits per heavy atom. The first-order chi connectivity index (χ1) is 9.86. The van der Waals surface area contributed by atoms with Gasteiger partial charge in [0.15, 0.2) is 0 Å². The maximum absolute atomic E-state index is 12.5. The van der Waals surface area contributed by atoms with Gasteiger partial charge in [-0.1, -0.05) is 0 Å². The Kier molecular flexibility index (Phi) is 4.50. The molecule has 1 atom stereocenters. The van der Waals surface area contributed by atoms with Gasteiger partial charge < -0.3 is 14.9 Å². The van der Waals surface area contributed by atoms with Crippen molar-refractivity contribution in [2.24, 2.45) is 5.92 Å². The topological polar surface area (TPSA) is 104 Å². The maximum atomic E-state index is 12.5. The van der Waals surface area contributed by atoms with Crippen molar-refractivity contribution in [2.75, 3.05) is 26.8 Å². The van der Waals surface area contributed by atoms with Crippen molar-refractivity contribution in [3.63, 3.8) is 0 Å². The first-order valence-electron chi connectivity index (χ1n) is 6.41. The molecular weight excluding hydrogens is 298 g/mol. The second kappa shape index (κ2) is 6.00. The maximum Gasteiger partial charge on any atom is 0.339 e. The Hall–Kier alpha value is -1.64. The third-order valence-corrected chi connectivity index (χ3v) is 5.35. The number of carboxylic acid groups (broad SMARTS) is 1. The van der Waals surface area contributed by atoms with Gasteiger partial charge in [-0.2, -0.15) is 4.31 Å². The number of sulfonamides is 1. The molecule has 1 heterocycles. The second-order valence-corrected chi connectivity index (χ2v) is 6.90. The van der Waals surface area contributed by atoms with Crippen molar-refractivity contribution < 1.29 is 28.2 Å². The lowest BCUT2D eigenvalue weighted by Gasteiger charge is -2.17. The summed E-state index contributed by atoms with van der Waals surface area (Å²) in [6.45, 7) is 1.21. The average Bonchev–Trinajstić information content (AvgIpc) is 2.88. The summed E-state index contributed by atoms with van der Waals surface area (Å²) >= 11 is 0. The minimum atomic E-state index is -3.76. The van der Waals surface area contributed by atoms with E-state index in [4.69, 9.17) is 9.84 Å². The number of hydrogen-bond donors (Lipinski definition) is 2. The van der Waals surface area contributed by atoms with Crippen LogP contribution in [0.4, 0.5) is 0 Å². The molecule has 0 amide bonds. The molecule has 1 unspecified atom stereocenters. The molecule has 0 bridgehead atoms. The molecule has 0 spiro atoms. The van der Waals surface area contributed by atoms with Gasteiger partial charge in [-0.3, -0.25) is 0 Å². The predicted octanol–water partition coefficient (Wildman–Crippen LogP) is 0.747. The summed E-state index contributed by atoms with van der Waals surface area (Å²) in [4.78, 5) is 10.8. The fraction of sp³-hybridized carbons (Fsp3) is 0.462. The first kappa shape index (κ1) is 15.7. The van der Waals surface area contributed by atoms with Crippen LogP contribution >= 0.6 is 0 Å². The Bertz CT molecular complexity index is 642. The summed E-state index contributed by atoms with van der Waals surface area (Å²) in [5.74, 6) is -1.69.